The van der Waals surface area contributed by atoms with Crippen molar-refractivity contribution < 1.29 is 4.79 Å². The molecule has 1 unspecified atom stereocenters. The van der Waals surface area contributed by atoms with Gasteiger partial charge in [0, 0.05) is 24.4 Å². The van der Waals surface area contributed by atoms with Crippen LogP contribution in [0.4, 0.5) is 0 Å². The van der Waals surface area contributed by atoms with E-state index in [9.17, 15) is 4.79 Å². The van der Waals surface area contributed by atoms with Gasteiger partial charge in [-0.3, -0.25) is 4.79 Å². The Morgan fingerprint density at radius 3 is 3.11 bits per heavy atom. The summed E-state index contributed by atoms with van der Waals surface area (Å²) in [5.74, 6) is 5.52. The van der Waals surface area contributed by atoms with Crippen molar-refractivity contribution in [1.82, 2.24) is 9.88 Å². The molecule has 96 valence electrons. The number of carbonyl (C=O) groups excluding carboxylic acids is 1. The van der Waals surface area contributed by atoms with Crippen molar-refractivity contribution in [3.8, 4) is 11.8 Å². The molecule has 0 aromatic carbocycles. The predicted octanol–water partition coefficient (Wildman–Crippen LogP) is 2.35. The molecule has 0 aliphatic heterocycles. The third-order valence-electron chi connectivity index (χ3n) is 3.25. The van der Waals surface area contributed by atoms with E-state index >= 15 is 0 Å². The number of hydrogen-bond acceptors (Lipinski definition) is 3. The second kappa shape index (κ2) is 5.53. The molecule has 1 heterocycles. The Morgan fingerprint density at radius 2 is 2.39 bits per heavy atom. The van der Waals surface area contributed by atoms with Crippen molar-refractivity contribution in [1.29, 1.82) is 0 Å². The topological polar surface area (TPSA) is 33.2 Å². The molecular weight excluding hydrogens is 244 g/mol. The zero-order valence-corrected chi connectivity index (χ0v) is 11.9. The molecular formula is C14H18N2OS. The number of fused-ring (bicyclic) bond motifs is 1. The first-order valence-corrected chi connectivity index (χ1v) is 7.07. The van der Waals surface area contributed by atoms with Gasteiger partial charge in [-0.1, -0.05) is 5.92 Å². The summed E-state index contributed by atoms with van der Waals surface area (Å²) in [7, 11) is 1.82. The monoisotopic (exact) mass is 262 g/mol. The molecule has 0 bridgehead atoms. The van der Waals surface area contributed by atoms with Gasteiger partial charge in [0.1, 0.15) is 0 Å². The average Bonchev–Trinajstić information content (AvgIpc) is 2.71. The molecule has 1 amide bonds. The molecule has 1 aliphatic carbocycles. The maximum Gasteiger partial charge on any atom is 0.298 e. The number of nitrogens with zero attached hydrogens (tertiary/aromatic N) is 2. The molecule has 3 nitrogen and oxygen atoms in total. The second-order valence-electron chi connectivity index (χ2n) is 4.69. The molecule has 0 fully saturated rings. The summed E-state index contributed by atoms with van der Waals surface area (Å²) >= 11 is 1.80. The zero-order valence-electron chi connectivity index (χ0n) is 11.1. The van der Waals surface area contributed by atoms with E-state index in [0.29, 0.717) is 5.92 Å². The maximum atomic E-state index is 11.7. The highest BCUT2D eigenvalue weighted by Crippen LogP contribution is 2.34. The molecule has 1 atom stereocenters. The van der Waals surface area contributed by atoms with E-state index in [1.807, 2.05) is 7.05 Å². The van der Waals surface area contributed by atoms with Gasteiger partial charge in [-0.05, 0) is 39.0 Å². The van der Waals surface area contributed by atoms with Crippen molar-refractivity contribution in [2.24, 2.45) is 0 Å². The Bertz CT molecular complexity index is 510. The SMILES string of the molecule is CC#CC(=O)N(C)CC1CCCc2sc(C)nc21. The zero-order chi connectivity index (χ0) is 13.1. The Morgan fingerprint density at radius 1 is 1.61 bits per heavy atom. The van der Waals surface area contributed by atoms with Crippen LogP contribution in [0.1, 0.15) is 41.3 Å². The lowest BCUT2D eigenvalue weighted by molar-refractivity contribution is -0.124. The number of rotatable bonds is 2. The lowest BCUT2D eigenvalue weighted by Crippen LogP contribution is -2.31. The van der Waals surface area contributed by atoms with Crippen LogP contribution in [0.2, 0.25) is 0 Å². The van der Waals surface area contributed by atoms with Gasteiger partial charge in [0.2, 0.25) is 0 Å². The van der Waals surface area contributed by atoms with Gasteiger partial charge in [0.25, 0.3) is 5.91 Å². The maximum absolute atomic E-state index is 11.7. The summed E-state index contributed by atoms with van der Waals surface area (Å²) in [6.45, 7) is 4.47. The molecule has 18 heavy (non-hydrogen) atoms. The predicted molar refractivity (Wildman–Crippen MR) is 73.6 cm³/mol. The van der Waals surface area contributed by atoms with Gasteiger partial charge < -0.3 is 4.90 Å². The first kappa shape index (κ1) is 13.1. The third kappa shape index (κ3) is 2.73. The van der Waals surface area contributed by atoms with Crippen molar-refractivity contribution >= 4 is 17.2 Å². The van der Waals surface area contributed by atoms with Gasteiger partial charge in [-0.2, -0.15) is 0 Å². The lowest BCUT2D eigenvalue weighted by atomic mass is 9.90. The van der Waals surface area contributed by atoms with Gasteiger partial charge in [-0.15, -0.1) is 11.3 Å². The summed E-state index contributed by atoms with van der Waals surface area (Å²) in [6.07, 6.45) is 3.46. The fraction of sp³-hybridized carbons (Fsp3) is 0.571. The van der Waals surface area contributed by atoms with Crippen molar-refractivity contribution in [3.63, 3.8) is 0 Å². The van der Waals surface area contributed by atoms with E-state index in [0.717, 1.165) is 24.4 Å². The lowest BCUT2D eigenvalue weighted by Gasteiger charge is -2.25. The molecule has 1 aromatic heterocycles. The fourth-order valence-corrected chi connectivity index (χ4v) is 3.49. The summed E-state index contributed by atoms with van der Waals surface area (Å²) in [5.41, 5.74) is 1.22. The Hall–Kier alpha value is -1.34. The average molecular weight is 262 g/mol. The molecule has 0 spiro atoms. The fourth-order valence-electron chi connectivity index (χ4n) is 2.42. The quantitative estimate of drug-likeness (QED) is 0.767. The van der Waals surface area contributed by atoms with E-state index in [-0.39, 0.29) is 5.91 Å². The van der Waals surface area contributed by atoms with E-state index in [2.05, 4.69) is 23.7 Å². The van der Waals surface area contributed by atoms with E-state index in [4.69, 9.17) is 0 Å². The van der Waals surface area contributed by atoms with E-state index < -0.39 is 0 Å². The highest BCUT2D eigenvalue weighted by Gasteiger charge is 2.25. The van der Waals surface area contributed by atoms with Crippen LogP contribution in [0, 0.1) is 18.8 Å². The second-order valence-corrected chi connectivity index (χ2v) is 5.98. The van der Waals surface area contributed by atoms with Gasteiger partial charge >= 0.3 is 0 Å². The van der Waals surface area contributed by atoms with E-state index in [1.54, 1.807) is 23.2 Å². The molecule has 0 saturated heterocycles. The van der Waals surface area contributed by atoms with Crippen LogP contribution >= 0.6 is 11.3 Å². The van der Waals surface area contributed by atoms with Gasteiger partial charge in [-0.25, -0.2) is 4.98 Å². The van der Waals surface area contributed by atoms with Crippen molar-refractivity contribution in [2.75, 3.05) is 13.6 Å². The van der Waals surface area contributed by atoms with E-state index in [1.165, 1.54) is 17.0 Å². The number of amides is 1. The summed E-state index contributed by atoms with van der Waals surface area (Å²) in [5, 5.41) is 1.13. The summed E-state index contributed by atoms with van der Waals surface area (Å²) in [6, 6.07) is 0. The van der Waals surface area contributed by atoms with Crippen LogP contribution < -0.4 is 0 Å². The summed E-state index contributed by atoms with van der Waals surface area (Å²) < 4.78 is 0. The molecule has 2 rings (SSSR count). The minimum atomic E-state index is -0.100. The molecule has 0 N–H and O–H groups in total. The minimum Gasteiger partial charge on any atom is -0.334 e. The van der Waals surface area contributed by atoms with Crippen LogP contribution in [0.3, 0.4) is 0 Å². The van der Waals surface area contributed by atoms with Crippen molar-refractivity contribution in [3.05, 3.63) is 15.6 Å². The van der Waals surface area contributed by atoms with Crippen LogP contribution in [-0.2, 0) is 11.2 Å². The smallest absolute Gasteiger partial charge is 0.298 e. The highest BCUT2D eigenvalue weighted by molar-refractivity contribution is 7.11. The standard InChI is InChI=1S/C14H18N2OS/c1-4-6-13(17)16(3)9-11-7-5-8-12-14(11)15-10(2)18-12/h11H,5,7-9H2,1-3H3. The number of hydrogen-bond donors (Lipinski definition) is 0. The molecule has 4 heteroatoms. The van der Waals surface area contributed by atoms with Crippen molar-refractivity contribution in [2.45, 2.75) is 39.0 Å². The molecule has 0 saturated carbocycles. The molecule has 1 aliphatic rings. The molecule has 0 radical (unpaired) electrons. The summed E-state index contributed by atoms with van der Waals surface area (Å²) in [4.78, 5) is 19.4. The van der Waals surface area contributed by atoms with Gasteiger partial charge in [0.15, 0.2) is 0 Å². The third-order valence-corrected chi connectivity index (χ3v) is 4.30. The Balaban J connectivity index is 2.10. The van der Waals surface area contributed by atoms with Crippen LogP contribution in [0.25, 0.3) is 0 Å². The largest absolute Gasteiger partial charge is 0.334 e. The first-order chi connectivity index (χ1) is 8.61. The van der Waals surface area contributed by atoms with Crippen LogP contribution in [0.15, 0.2) is 0 Å². The highest BCUT2D eigenvalue weighted by atomic mass is 32.1. The minimum absolute atomic E-state index is 0.100. The number of carbonyl (C=O) groups is 1. The Labute approximate surface area is 112 Å². The van der Waals surface area contributed by atoms with Gasteiger partial charge in [0.05, 0.1) is 10.7 Å². The van der Waals surface area contributed by atoms with Crippen LogP contribution in [-0.4, -0.2) is 29.4 Å². The normalized spacial score (nSPS) is 17.6. The number of likely N-dealkylation sites (N-methyl/N-ethyl adjacent to an activating group) is 1. The first-order valence-electron chi connectivity index (χ1n) is 6.26. The number of aryl methyl sites for hydroxylation is 2. The number of aromatic nitrogens is 1. The number of thiazole rings is 1. The van der Waals surface area contributed by atoms with Crippen LogP contribution in [0.5, 0.6) is 0 Å². The Kier molecular flexibility index (Phi) is 4.03. The molecule has 1 aromatic rings.